The second kappa shape index (κ2) is 12.3. The van der Waals surface area contributed by atoms with Gasteiger partial charge in [-0.1, -0.05) is 39.3 Å². The van der Waals surface area contributed by atoms with Gasteiger partial charge in [0.25, 0.3) is 0 Å². The minimum atomic E-state index is -0.888. The van der Waals surface area contributed by atoms with Gasteiger partial charge in [0, 0.05) is 23.1 Å². The highest BCUT2D eigenvalue weighted by molar-refractivity contribution is 5.88. The lowest BCUT2D eigenvalue weighted by Gasteiger charge is -2.69. The predicted molar refractivity (Wildman–Crippen MR) is 206 cm³/mol. The number of allylic oxidation sites excluding steroid dienone is 2. The summed E-state index contributed by atoms with van der Waals surface area (Å²) in [4.78, 5) is 24.4. The number of aromatic hydroxyl groups is 7. The predicted octanol–water partition coefficient (Wildman–Crippen LogP) is 8.63. The van der Waals surface area contributed by atoms with Gasteiger partial charge in [0.1, 0.15) is 22.5 Å². The number of aliphatic carboxylic acids is 1. The Labute approximate surface area is 318 Å². The maximum atomic E-state index is 12.3. The van der Waals surface area contributed by atoms with Gasteiger partial charge in [-0.25, -0.2) is 0 Å². The molecule has 0 spiro atoms. The molecule has 0 amide bonds. The molecule has 8 rings (SSSR count). The molecule has 4 aromatic rings. The monoisotopic (exact) mass is 754 g/mol. The van der Waals surface area contributed by atoms with Crippen LogP contribution in [0.5, 0.6) is 40.2 Å². The maximum absolute atomic E-state index is 12.3. The summed E-state index contributed by atoms with van der Waals surface area (Å²) in [5.41, 5.74) is 3.11. The zero-order valence-corrected chi connectivity index (χ0v) is 32.1. The van der Waals surface area contributed by atoms with Gasteiger partial charge in [-0.2, -0.15) is 0 Å². The van der Waals surface area contributed by atoms with E-state index in [9.17, 15) is 50.4 Å². The Morgan fingerprint density at radius 1 is 0.764 bits per heavy atom. The summed E-state index contributed by atoms with van der Waals surface area (Å²) >= 11 is 0. The van der Waals surface area contributed by atoms with Gasteiger partial charge < -0.3 is 45.3 Å². The van der Waals surface area contributed by atoms with Crippen molar-refractivity contribution in [2.24, 2.45) is 27.6 Å². The Morgan fingerprint density at radius 3 is 2.13 bits per heavy atom. The van der Waals surface area contributed by atoms with Crippen LogP contribution in [0.25, 0.3) is 22.3 Å². The largest absolute Gasteiger partial charge is 0.508 e. The normalized spacial score (nSPS) is 30.8. The van der Waals surface area contributed by atoms with Crippen LogP contribution in [0, 0.1) is 34.5 Å². The summed E-state index contributed by atoms with van der Waals surface area (Å²) in [6.45, 7) is 13.5. The minimum Gasteiger partial charge on any atom is -0.508 e. The van der Waals surface area contributed by atoms with E-state index in [0.717, 1.165) is 86.8 Å². The number of fused-ring (bicyclic) bond motifs is 8. The SMILES string of the molecule is Cc1c(O)c(O)cc2c1CC=C1C2(C)CCC2(C)C3CC(C)(C(=O)O)CCC3(C)CCC12C.O=c1c(O)c(-c2ccc(O)c(O)c2)oc2cc(O)cc(O)c12. The molecule has 3 aromatic carbocycles. The molecule has 4 aliphatic rings. The highest BCUT2D eigenvalue weighted by Gasteiger charge is 2.67. The number of benzene rings is 3. The lowest BCUT2D eigenvalue weighted by atomic mass is 9.34. The molecule has 6 atom stereocenters. The van der Waals surface area contributed by atoms with Crippen LogP contribution in [-0.2, 0) is 16.6 Å². The minimum absolute atomic E-state index is 0.00431. The van der Waals surface area contributed by atoms with Crippen LogP contribution in [0.4, 0.5) is 0 Å². The van der Waals surface area contributed by atoms with E-state index in [1.54, 1.807) is 0 Å². The standard InChI is InChI=1S/C29H40O4.C15H10O7/c1-17-18-7-8-21-27(4,19(18)15-20(30)23(17)31)12-14-29(6)22-16-26(3,24(32)33)10-9-25(22,2)11-13-28(21,29)5;16-7-4-10(19)12-11(5-7)22-15(14(21)13(12)20)6-1-2-8(17)9(18)3-6/h8,15,22,30-31H,7,9-14,16H2,1-6H3,(H,32,33);1-5,16-19,21H. The number of hydrogen-bond acceptors (Lipinski definition) is 10. The summed E-state index contributed by atoms with van der Waals surface area (Å²) in [7, 11) is 0. The third kappa shape index (κ3) is 5.44. The number of carboxylic acids is 1. The summed E-state index contributed by atoms with van der Waals surface area (Å²) in [6.07, 6.45) is 10.0. The fraction of sp³-hybridized carbons (Fsp3) is 0.455. The Balaban J connectivity index is 0.000000184. The molecule has 8 N–H and O–H groups in total. The number of phenols is 6. The lowest BCUT2D eigenvalue weighted by molar-refractivity contribution is -0.177. The third-order valence-electron chi connectivity index (χ3n) is 14.8. The average Bonchev–Trinajstić information content (AvgIpc) is 3.12. The van der Waals surface area contributed by atoms with Crippen molar-refractivity contribution >= 4 is 16.9 Å². The van der Waals surface area contributed by atoms with Crippen molar-refractivity contribution in [2.75, 3.05) is 0 Å². The molecule has 4 aliphatic carbocycles. The fourth-order valence-corrected chi connectivity index (χ4v) is 11.0. The third-order valence-corrected chi connectivity index (χ3v) is 14.8. The summed E-state index contributed by atoms with van der Waals surface area (Å²) in [5, 5.41) is 78.5. The first-order valence-corrected chi connectivity index (χ1v) is 18.8. The van der Waals surface area contributed by atoms with Crippen LogP contribution in [0.15, 0.2) is 57.3 Å². The topological polar surface area (TPSA) is 209 Å². The van der Waals surface area contributed by atoms with Gasteiger partial charge in [0.15, 0.2) is 28.8 Å². The molecule has 0 radical (unpaired) electrons. The van der Waals surface area contributed by atoms with Crippen LogP contribution in [0.3, 0.4) is 0 Å². The van der Waals surface area contributed by atoms with Gasteiger partial charge in [-0.05, 0) is 128 Å². The number of rotatable bonds is 2. The lowest BCUT2D eigenvalue weighted by Crippen LogP contribution is -2.62. The van der Waals surface area contributed by atoms with Crippen molar-refractivity contribution in [3.63, 3.8) is 0 Å². The van der Waals surface area contributed by atoms with E-state index in [2.05, 4.69) is 33.8 Å². The van der Waals surface area contributed by atoms with Crippen LogP contribution in [-0.4, -0.2) is 46.8 Å². The molecule has 3 fully saturated rings. The molecule has 0 saturated heterocycles. The van der Waals surface area contributed by atoms with E-state index in [0.29, 0.717) is 5.92 Å². The molecule has 1 heterocycles. The van der Waals surface area contributed by atoms with Gasteiger partial charge in [0.2, 0.25) is 11.2 Å². The highest BCUT2D eigenvalue weighted by Crippen LogP contribution is 2.74. The van der Waals surface area contributed by atoms with E-state index in [1.165, 1.54) is 17.2 Å². The van der Waals surface area contributed by atoms with E-state index < -0.39 is 34.1 Å². The second-order valence-corrected chi connectivity index (χ2v) is 17.7. The fourth-order valence-electron chi connectivity index (χ4n) is 11.0. The number of carbonyl (C=O) groups is 1. The van der Waals surface area contributed by atoms with Crippen LogP contribution < -0.4 is 5.43 Å². The Kier molecular flexibility index (Phi) is 8.52. The molecular weight excluding hydrogens is 704 g/mol. The van der Waals surface area contributed by atoms with Crippen molar-refractivity contribution in [3.8, 4) is 51.6 Å². The van der Waals surface area contributed by atoms with E-state index in [4.69, 9.17) is 4.42 Å². The summed E-state index contributed by atoms with van der Waals surface area (Å²) < 4.78 is 5.35. The molecule has 1 aromatic heterocycles. The van der Waals surface area contributed by atoms with E-state index >= 15 is 0 Å². The maximum Gasteiger partial charge on any atom is 0.309 e. The molecule has 11 heteroatoms. The van der Waals surface area contributed by atoms with Gasteiger partial charge >= 0.3 is 5.97 Å². The first kappa shape index (κ1) is 38.0. The Bertz CT molecular complexity index is 2380. The molecule has 0 bridgehead atoms. The number of carboxylic acid groups (broad SMARTS) is 1. The van der Waals surface area contributed by atoms with E-state index in [1.807, 2.05) is 19.9 Å². The molecule has 11 nitrogen and oxygen atoms in total. The van der Waals surface area contributed by atoms with Crippen LogP contribution in [0.1, 0.15) is 96.3 Å². The molecular formula is C44H50O11. The van der Waals surface area contributed by atoms with Crippen LogP contribution in [0.2, 0.25) is 0 Å². The van der Waals surface area contributed by atoms with E-state index in [-0.39, 0.29) is 67.0 Å². The Hall–Kier alpha value is -5.32. The molecule has 55 heavy (non-hydrogen) atoms. The van der Waals surface area contributed by atoms with Crippen molar-refractivity contribution in [3.05, 3.63) is 75.0 Å². The molecule has 292 valence electrons. The number of phenolic OH excluding ortho intramolecular Hbond substituents is 6. The van der Waals surface area contributed by atoms with Crippen molar-refractivity contribution in [1.29, 1.82) is 0 Å². The zero-order chi connectivity index (χ0) is 40.2. The highest BCUT2D eigenvalue weighted by atomic mass is 16.4. The first-order valence-electron chi connectivity index (χ1n) is 18.8. The first-order chi connectivity index (χ1) is 25.6. The Morgan fingerprint density at radius 2 is 1.45 bits per heavy atom. The number of hydrogen-bond donors (Lipinski definition) is 8. The quantitative estimate of drug-likeness (QED) is 0.0717. The van der Waals surface area contributed by atoms with Gasteiger partial charge in [-0.3, -0.25) is 9.59 Å². The van der Waals surface area contributed by atoms with Crippen LogP contribution >= 0.6 is 0 Å². The summed E-state index contributed by atoms with van der Waals surface area (Å²) in [6, 6.07) is 7.45. The smallest absolute Gasteiger partial charge is 0.309 e. The molecule has 6 unspecified atom stereocenters. The van der Waals surface area contributed by atoms with Crippen molar-refractivity contribution < 1.29 is 50.1 Å². The van der Waals surface area contributed by atoms with Gasteiger partial charge in [0.05, 0.1) is 5.41 Å². The average molecular weight is 755 g/mol. The molecule has 3 saturated carbocycles. The zero-order valence-electron chi connectivity index (χ0n) is 32.1. The van der Waals surface area contributed by atoms with Crippen molar-refractivity contribution in [2.45, 2.75) is 98.3 Å². The molecule has 0 aliphatic heterocycles. The van der Waals surface area contributed by atoms with Crippen molar-refractivity contribution in [1.82, 2.24) is 0 Å². The van der Waals surface area contributed by atoms with Gasteiger partial charge in [-0.15, -0.1) is 0 Å². The summed E-state index contributed by atoms with van der Waals surface area (Å²) in [5.74, 6) is -3.00. The second-order valence-electron chi connectivity index (χ2n) is 17.7.